The number of phenols is 1. The number of phenolic OH excluding ortho intramolecular Hbond substituents is 1. The summed E-state index contributed by atoms with van der Waals surface area (Å²) < 4.78 is 22.4. The summed E-state index contributed by atoms with van der Waals surface area (Å²) >= 11 is 0. The molecule has 1 N–H and O–H groups in total. The molecule has 1 heterocycles. The van der Waals surface area contributed by atoms with Gasteiger partial charge in [-0.15, -0.1) is 0 Å². The van der Waals surface area contributed by atoms with Crippen LogP contribution >= 0.6 is 0 Å². The Hall–Kier alpha value is -1.73. The third kappa shape index (κ3) is 4.46. The van der Waals surface area contributed by atoms with Gasteiger partial charge < -0.3 is 23.7 Å². The number of ether oxygens (including phenoxy) is 3. The van der Waals surface area contributed by atoms with Crippen LogP contribution in [0.2, 0.25) is 18.1 Å². The molecule has 1 aliphatic heterocycles. The fraction of sp³-hybridized carbons (Fsp3) is 0.611. The summed E-state index contributed by atoms with van der Waals surface area (Å²) in [6, 6.07) is 2.97. The molecule has 0 radical (unpaired) electrons. The first-order valence-corrected chi connectivity index (χ1v) is 11.3. The minimum atomic E-state index is -1.82. The van der Waals surface area contributed by atoms with Crippen LogP contribution in [0.15, 0.2) is 12.1 Å². The Morgan fingerprint density at radius 2 is 1.80 bits per heavy atom. The van der Waals surface area contributed by atoms with Crippen molar-refractivity contribution in [2.24, 2.45) is 0 Å². The molecular formula is C18H28O6Si. The van der Waals surface area contributed by atoms with Gasteiger partial charge in [0.25, 0.3) is 0 Å². The highest BCUT2D eigenvalue weighted by molar-refractivity contribution is 6.74. The summed E-state index contributed by atoms with van der Waals surface area (Å²) in [6.07, 6.45) is 0. The lowest BCUT2D eigenvalue weighted by Gasteiger charge is -2.36. The first-order chi connectivity index (χ1) is 11.3. The molecule has 140 valence electrons. The molecule has 2 rings (SSSR count). The number of carbonyl (C=O) groups excluding carboxylic acids is 1. The molecule has 0 saturated heterocycles. The average Bonchev–Trinajstić information content (AvgIpc) is 2.39. The third-order valence-electron chi connectivity index (χ3n) is 4.57. The summed E-state index contributed by atoms with van der Waals surface area (Å²) in [4.78, 5) is 12.0. The van der Waals surface area contributed by atoms with Crippen molar-refractivity contribution in [1.29, 1.82) is 0 Å². The van der Waals surface area contributed by atoms with E-state index in [-0.39, 0.29) is 22.1 Å². The normalized spacial score (nSPS) is 16.7. The largest absolute Gasteiger partial charge is 0.507 e. The van der Waals surface area contributed by atoms with Crippen molar-refractivity contribution in [2.45, 2.75) is 58.5 Å². The monoisotopic (exact) mass is 368 g/mol. The van der Waals surface area contributed by atoms with E-state index in [0.717, 1.165) is 0 Å². The van der Waals surface area contributed by atoms with Gasteiger partial charge in [-0.1, -0.05) is 20.8 Å². The molecule has 25 heavy (non-hydrogen) atoms. The number of aromatic hydroxyl groups is 1. The van der Waals surface area contributed by atoms with Crippen LogP contribution in [0.3, 0.4) is 0 Å². The van der Waals surface area contributed by atoms with Crippen molar-refractivity contribution >= 4 is 14.3 Å². The molecule has 0 fully saturated rings. The smallest absolute Gasteiger partial charge is 0.349 e. The Labute approximate surface area is 150 Å². The van der Waals surface area contributed by atoms with E-state index in [9.17, 15) is 9.90 Å². The third-order valence-corrected chi connectivity index (χ3v) is 9.11. The Kier molecular flexibility index (Phi) is 5.12. The molecule has 0 aliphatic carbocycles. The minimum Gasteiger partial charge on any atom is -0.507 e. The second-order valence-electron chi connectivity index (χ2n) is 8.16. The fourth-order valence-corrected chi connectivity index (χ4v) is 3.20. The Bertz CT molecular complexity index is 660. The van der Waals surface area contributed by atoms with Gasteiger partial charge in [0.2, 0.25) is 5.79 Å². The Morgan fingerprint density at radius 3 is 2.40 bits per heavy atom. The number of esters is 1. The van der Waals surface area contributed by atoms with E-state index in [2.05, 4.69) is 33.9 Å². The second kappa shape index (κ2) is 6.53. The number of fused-ring (bicyclic) bond motifs is 1. The lowest BCUT2D eigenvalue weighted by Crippen LogP contribution is -2.41. The predicted octanol–water partition coefficient (Wildman–Crippen LogP) is 4.08. The summed E-state index contributed by atoms with van der Waals surface area (Å²) in [7, 11) is -1.82. The van der Waals surface area contributed by atoms with E-state index >= 15 is 0 Å². The SMILES string of the molecule is CC1(C)OC(=O)c2c(O)cc(OCCO[Si](C)(C)C(C)(C)C)cc2O1. The van der Waals surface area contributed by atoms with Gasteiger partial charge in [-0.3, -0.25) is 0 Å². The van der Waals surface area contributed by atoms with Crippen LogP contribution in [-0.2, 0) is 9.16 Å². The maximum absolute atomic E-state index is 12.0. The Morgan fingerprint density at radius 1 is 1.16 bits per heavy atom. The quantitative estimate of drug-likeness (QED) is 0.480. The van der Waals surface area contributed by atoms with Gasteiger partial charge in [-0.05, 0) is 18.1 Å². The maximum atomic E-state index is 12.0. The van der Waals surface area contributed by atoms with Gasteiger partial charge in [0.15, 0.2) is 8.32 Å². The van der Waals surface area contributed by atoms with Crippen LogP contribution in [0.4, 0.5) is 0 Å². The van der Waals surface area contributed by atoms with Crippen molar-refractivity contribution in [2.75, 3.05) is 13.2 Å². The molecule has 0 amide bonds. The highest BCUT2D eigenvalue weighted by Gasteiger charge is 2.37. The zero-order chi connectivity index (χ0) is 19.0. The van der Waals surface area contributed by atoms with Crippen molar-refractivity contribution in [3.63, 3.8) is 0 Å². The number of cyclic esters (lactones) is 1. The number of hydrogen-bond donors (Lipinski definition) is 1. The molecule has 0 bridgehead atoms. The molecule has 1 aromatic carbocycles. The van der Waals surface area contributed by atoms with Gasteiger partial charge in [0.05, 0.1) is 6.61 Å². The van der Waals surface area contributed by atoms with Crippen molar-refractivity contribution in [1.82, 2.24) is 0 Å². The van der Waals surface area contributed by atoms with E-state index in [1.165, 1.54) is 6.07 Å². The van der Waals surface area contributed by atoms with Crippen LogP contribution in [-0.4, -0.2) is 38.4 Å². The number of benzene rings is 1. The minimum absolute atomic E-state index is 0.0178. The van der Waals surface area contributed by atoms with Crippen LogP contribution < -0.4 is 9.47 Å². The highest BCUT2D eigenvalue weighted by Crippen LogP contribution is 2.40. The van der Waals surface area contributed by atoms with Crippen LogP contribution in [0.1, 0.15) is 45.0 Å². The van der Waals surface area contributed by atoms with E-state index in [0.29, 0.717) is 19.0 Å². The van der Waals surface area contributed by atoms with Crippen molar-refractivity contribution < 1.29 is 28.5 Å². The van der Waals surface area contributed by atoms with E-state index in [1.54, 1.807) is 19.9 Å². The Balaban J connectivity index is 2.03. The molecule has 0 unspecified atom stereocenters. The highest BCUT2D eigenvalue weighted by atomic mass is 28.4. The van der Waals surface area contributed by atoms with Gasteiger partial charge in [-0.25, -0.2) is 4.79 Å². The topological polar surface area (TPSA) is 74.2 Å². The van der Waals surface area contributed by atoms with Gasteiger partial charge in [0, 0.05) is 26.0 Å². The summed E-state index contributed by atoms with van der Waals surface area (Å²) in [5.74, 6) is -1.25. The molecular weight excluding hydrogens is 340 g/mol. The predicted molar refractivity (Wildman–Crippen MR) is 96.9 cm³/mol. The zero-order valence-corrected chi connectivity index (χ0v) is 17.1. The number of hydrogen-bond acceptors (Lipinski definition) is 6. The molecule has 7 heteroatoms. The second-order valence-corrected chi connectivity index (χ2v) is 13.0. The van der Waals surface area contributed by atoms with Gasteiger partial charge in [0.1, 0.15) is 29.4 Å². The standard InChI is InChI=1S/C18H28O6Si/c1-17(2,3)25(6,7)22-9-8-21-12-10-13(19)15-14(11-12)23-18(4,5)24-16(15)20/h10-11,19H,8-9H2,1-7H3. The van der Waals surface area contributed by atoms with Crippen molar-refractivity contribution in [3.8, 4) is 17.2 Å². The maximum Gasteiger partial charge on any atom is 0.349 e. The lowest BCUT2D eigenvalue weighted by atomic mass is 10.1. The van der Waals surface area contributed by atoms with Crippen LogP contribution in [0.5, 0.6) is 17.2 Å². The molecule has 0 spiro atoms. The number of rotatable bonds is 5. The van der Waals surface area contributed by atoms with Gasteiger partial charge in [-0.2, -0.15) is 0 Å². The van der Waals surface area contributed by atoms with Gasteiger partial charge >= 0.3 is 5.97 Å². The zero-order valence-electron chi connectivity index (χ0n) is 16.1. The molecule has 1 aliphatic rings. The summed E-state index contributed by atoms with van der Waals surface area (Å²) in [5.41, 5.74) is 0.0178. The molecule has 0 saturated carbocycles. The molecule has 0 atom stereocenters. The van der Waals surface area contributed by atoms with E-state index < -0.39 is 20.1 Å². The van der Waals surface area contributed by atoms with Crippen molar-refractivity contribution in [3.05, 3.63) is 17.7 Å². The first-order valence-electron chi connectivity index (χ1n) is 8.38. The van der Waals surface area contributed by atoms with Crippen LogP contribution in [0, 0.1) is 0 Å². The van der Waals surface area contributed by atoms with E-state index in [1.807, 2.05) is 0 Å². The molecule has 6 nitrogen and oxygen atoms in total. The molecule has 1 aromatic rings. The van der Waals surface area contributed by atoms with E-state index in [4.69, 9.17) is 18.6 Å². The molecule has 0 aromatic heterocycles. The van der Waals surface area contributed by atoms with Crippen LogP contribution in [0.25, 0.3) is 0 Å². The average molecular weight is 369 g/mol. The number of carbonyl (C=O) groups is 1. The summed E-state index contributed by atoms with van der Waals surface area (Å²) in [6.45, 7) is 15.0. The fourth-order valence-electron chi connectivity index (χ4n) is 2.18. The first kappa shape index (κ1) is 19.6. The lowest BCUT2D eigenvalue weighted by molar-refractivity contribution is -0.127. The summed E-state index contributed by atoms with van der Waals surface area (Å²) in [5, 5.41) is 10.2.